The number of anilines is 1. The van der Waals surface area contributed by atoms with Gasteiger partial charge in [0.2, 0.25) is 0 Å². The third-order valence-corrected chi connectivity index (χ3v) is 2.82. The molecule has 0 saturated carbocycles. The Labute approximate surface area is 120 Å². The van der Waals surface area contributed by atoms with Crippen LogP contribution in [0.5, 0.6) is 0 Å². The van der Waals surface area contributed by atoms with Crippen LogP contribution in [0.3, 0.4) is 0 Å². The lowest BCUT2D eigenvalue weighted by Crippen LogP contribution is -2.23. The first-order valence-corrected chi connectivity index (χ1v) is 6.13. The number of aromatic nitrogens is 1. The monoisotopic (exact) mass is 286 g/mol. The second-order valence-corrected chi connectivity index (χ2v) is 4.29. The third-order valence-electron chi connectivity index (χ3n) is 2.82. The molecule has 2 aromatic rings. The summed E-state index contributed by atoms with van der Waals surface area (Å²) < 4.78 is 0. The molecule has 0 radical (unpaired) electrons. The molecule has 0 bridgehead atoms. The van der Waals surface area contributed by atoms with Crippen molar-refractivity contribution in [3.8, 4) is 0 Å². The number of carbonyl (C=O) groups is 2. The van der Waals surface area contributed by atoms with Crippen molar-refractivity contribution in [2.24, 2.45) is 0 Å². The molecule has 0 spiro atoms. The average Bonchev–Trinajstić information content (AvgIpc) is 2.53. The molecule has 21 heavy (non-hydrogen) atoms. The topological polar surface area (TPSA) is 117 Å². The van der Waals surface area contributed by atoms with Crippen LogP contribution in [0.25, 0.3) is 0 Å². The van der Waals surface area contributed by atoms with Crippen molar-refractivity contribution >= 4 is 17.6 Å². The fourth-order valence-electron chi connectivity index (χ4n) is 1.66. The highest BCUT2D eigenvalue weighted by molar-refractivity contribution is 5.94. The molecule has 0 saturated heterocycles. The molecule has 2 amide bonds. The van der Waals surface area contributed by atoms with E-state index in [9.17, 15) is 9.59 Å². The quantitative estimate of drug-likeness (QED) is 0.488. The standard InChI is InChI=1S/C14H14N4O3/c15-12-6-5-11(8-16-12)13(19)17-7-9-1-3-10(4-2-9)14(20)18-21/h1-6,8,21H,7H2,(H2,15,16)(H,17,19)(H,18,20). The molecule has 1 heterocycles. The number of rotatable bonds is 4. The predicted molar refractivity (Wildman–Crippen MR) is 75.5 cm³/mol. The largest absolute Gasteiger partial charge is 0.384 e. The maximum absolute atomic E-state index is 11.9. The fourth-order valence-corrected chi connectivity index (χ4v) is 1.66. The molecule has 7 nitrogen and oxygen atoms in total. The number of carbonyl (C=O) groups excluding carboxylic acids is 2. The molecule has 0 aliphatic heterocycles. The Morgan fingerprint density at radius 2 is 1.71 bits per heavy atom. The summed E-state index contributed by atoms with van der Waals surface area (Å²) in [5.74, 6) is -0.498. The summed E-state index contributed by atoms with van der Waals surface area (Å²) in [5.41, 5.74) is 8.57. The molecule has 0 unspecified atom stereocenters. The van der Waals surface area contributed by atoms with Crippen LogP contribution < -0.4 is 16.5 Å². The van der Waals surface area contributed by atoms with Crippen molar-refractivity contribution in [3.63, 3.8) is 0 Å². The van der Waals surface area contributed by atoms with Crippen LogP contribution in [0.15, 0.2) is 42.6 Å². The number of pyridine rings is 1. The van der Waals surface area contributed by atoms with E-state index in [4.69, 9.17) is 10.9 Å². The number of nitrogen functional groups attached to an aromatic ring is 1. The summed E-state index contributed by atoms with van der Waals surface area (Å²) in [5, 5.41) is 11.2. The van der Waals surface area contributed by atoms with E-state index < -0.39 is 5.91 Å². The number of hydrogen-bond acceptors (Lipinski definition) is 5. The van der Waals surface area contributed by atoms with E-state index in [0.29, 0.717) is 23.5 Å². The van der Waals surface area contributed by atoms with E-state index in [2.05, 4.69) is 10.3 Å². The molecule has 0 fully saturated rings. The molecule has 1 aromatic heterocycles. The smallest absolute Gasteiger partial charge is 0.274 e. The van der Waals surface area contributed by atoms with Gasteiger partial charge < -0.3 is 11.1 Å². The van der Waals surface area contributed by atoms with Gasteiger partial charge in [-0.2, -0.15) is 0 Å². The van der Waals surface area contributed by atoms with Crippen molar-refractivity contribution in [1.29, 1.82) is 0 Å². The highest BCUT2D eigenvalue weighted by atomic mass is 16.5. The van der Waals surface area contributed by atoms with Gasteiger partial charge in [-0.15, -0.1) is 0 Å². The van der Waals surface area contributed by atoms with Crippen LogP contribution in [0, 0.1) is 0 Å². The lowest BCUT2D eigenvalue weighted by Gasteiger charge is -2.06. The lowest BCUT2D eigenvalue weighted by atomic mass is 10.1. The average molecular weight is 286 g/mol. The first-order valence-electron chi connectivity index (χ1n) is 6.13. The van der Waals surface area contributed by atoms with Crippen molar-refractivity contribution in [2.75, 3.05) is 5.73 Å². The van der Waals surface area contributed by atoms with Gasteiger partial charge in [0.25, 0.3) is 11.8 Å². The van der Waals surface area contributed by atoms with Crippen LogP contribution in [0.2, 0.25) is 0 Å². The highest BCUT2D eigenvalue weighted by Gasteiger charge is 2.06. The number of hydrogen-bond donors (Lipinski definition) is 4. The SMILES string of the molecule is Nc1ccc(C(=O)NCc2ccc(C(=O)NO)cc2)cn1. The lowest BCUT2D eigenvalue weighted by molar-refractivity contribution is 0.0706. The Bertz CT molecular complexity index is 638. The summed E-state index contributed by atoms with van der Waals surface area (Å²) in [6.45, 7) is 0.310. The minimum absolute atomic E-state index is 0.264. The van der Waals surface area contributed by atoms with E-state index in [1.54, 1.807) is 41.9 Å². The molecular weight excluding hydrogens is 272 g/mol. The maximum Gasteiger partial charge on any atom is 0.274 e. The Balaban J connectivity index is 1.95. The van der Waals surface area contributed by atoms with Gasteiger partial charge in [-0.1, -0.05) is 12.1 Å². The Morgan fingerprint density at radius 3 is 2.29 bits per heavy atom. The fraction of sp³-hybridized carbons (Fsp3) is 0.0714. The predicted octanol–water partition coefficient (Wildman–Crippen LogP) is 0.713. The van der Waals surface area contributed by atoms with Gasteiger partial charge in [0.15, 0.2) is 0 Å². The zero-order valence-corrected chi connectivity index (χ0v) is 11.0. The molecule has 1 aromatic carbocycles. The van der Waals surface area contributed by atoms with E-state index >= 15 is 0 Å². The van der Waals surface area contributed by atoms with Gasteiger partial charge in [-0.05, 0) is 29.8 Å². The second-order valence-electron chi connectivity index (χ2n) is 4.29. The maximum atomic E-state index is 11.9. The van der Waals surface area contributed by atoms with Gasteiger partial charge in [-0.3, -0.25) is 14.8 Å². The minimum atomic E-state index is -0.585. The molecule has 5 N–H and O–H groups in total. The summed E-state index contributed by atoms with van der Waals surface area (Å²) in [4.78, 5) is 26.9. The van der Waals surface area contributed by atoms with Crippen molar-refractivity contribution in [3.05, 3.63) is 59.3 Å². The van der Waals surface area contributed by atoms with Crippen LogP contribution in [0.1, 0.15) is 26.3 Å². The minimum Gasteiger partial charge on any atom is -0.384 e. The van der Waals surface area contributed by atoms with Crippen molar-refractivity contribution < 1.29 is 14.8 Å². The zero-order chi connectivity index (χ0) is 15.2. The van der Waals surface area contributed by atoms with Crippen molar-refractivity contribution in [1.82, 2.24) is 15.8 Å². The summed E-state index contributed by atoms with van der Waals surface area (Å²) >= 11 is 0. The van der Waals surface area contributed by atoms with Crippen molar-refractivity contribution in [2.45, 2.75) is 6.54 Å². The van der Waals surface area contributed by atoms with E-state index in [1.807, 2.05) is 0 Å². The van der Waals surface area contributed by atoms with E-state index in [0.717, 1.165) is 5.56 Å². The Kier molecular flexibility index (Phi) is 4.47. The second kappa shape index (κ2) is 6.49. The molecule has 0 aliphatic carbocycles. The molecule has 0 aliphatic rings. The molecular formula is C14H14N4O3. The van der Waals surface area contributed by atoms with Crippen LogP contribution >= 0.6 is 0 Å². The third kappa shape index (κ3) is 3.77. The summed E-state index contributed by atoms with van der Waals surface area (Å²) in [6, 6.07) is 9.62. The normalized spacial score (nSPS) is 9.95. The Morgan fingerprint density at radius 1 is 1.05 bits per heavy atom. The number of nitrogens with zero attached hydrogens (tertiary/aromatic N) is 1. The zero-order valence-electron chi connectivity index (χ0n) is 11.0. The van der Waals surface area contributed by atoms with Gasteiger partial charge in [0, 0.05) is 18.3 Å². The molecule has 7 heteroatoms. The number of hydroxylamine groups is 1. The first kappa shape index (κ1) is 14.5. The van der Waals surface area contributed by atoms with Gasteiger partial charge >= 0.3 is 0 Å². The summed E-state index contributed by atoms with van der Waals surface area (Å²) in [6.07, 6.45) is 1.40. The molecule has 0 atom stereocenters. The van der Waals surface area contributed by atoms with Gasteiger partial charge in [0.1, 0.15) is 5.82 Å². The van der Waals surface area contributed by atoms with E-state index in [1.165, 1.54) is 6.20 Å². The number of nitrogens with two attached hydrogens (primary N) is 1. The van der Waals surface area contributed by atoms with Crippen LogP contribution in [0.4, 0.5) is 5.82 Å². The summed E-state index contributed by atoms with van der Waals surface area (Å²) in [7, 11) is 0. The molecule has 2 rings (SSSR count). The van der Waals surface area contributed by atoms with Gasteiger partial charge in [-0.25, -0.2) is 10.5 Å². The van der Waals surface area contributed by atoms with Crippen LogP contribution in [-0.2, 0) is 6.54 Å². The van der Waals surface area contributed by atoms with Gasteiger partial charge in [0.05, 0.1) is 5.56 Å². The highest BCUT2D eigenvalue weighted by Crippen LogP contribution is 2.05. The van der Waals surface area contributed by atoms with Crippen LogP contribution in [-0.4, -0.2) is 22.0 Å². The number of amides is 2. The Hall–Kier alpha value is -2.93. The number of benzene rings is 1. The number of nitrogens with one attached hydrogen (secondary N) is 2. The van der Waals surface area contributed by atoms with E-state index in [-0.39, 0.29) is 5.91 Å². The first-order chi connectivity index (χ1) is 10.1. The molecule has 108 valence electrons.